The maximum atomic E-state index is 6.21. The summed E-state index contributed by atoms with van der Waals surface area (Å²) >= 11 is 3.42. The number of hydrogen-bond donors (Lipinski definition) is 0. The first-order valence-corrected chi connectivity index (χ1v) is 15.2. The minimum absolute atomic E-state index is 0.133. The third-order valence-electron chi connectivity index (χ3n) is 5.32. The van der Waals surface area contributed by atoms with Crippen LogP contribution in [0.15, 0.2) is 0 Å². The van der Waals surface area contributed by atoms with Crippen molar-refractivity contribution in [2.45, 2.75) is 109 Å². The van der Waals surface area contributed by atoms with E-state index in [9.17, 15) is 0 Å². The second kappa shape index (κ2) is 18.2. The zero-order valence-corrected chi connectivity index (χ0v) is 21.5. The van der Waals surface area contributed by atoms with Gasteiger partial charge in [0, 0.05) is 33.8 Å². The Morgan fingerprint density at radius 3 is 2.30 bits per heavy atom. The van der Waals surface area contributed by atoms with Crippen LogP contribution in [0.5, 0.6) is 0 Å². The number of hydrogen-bond acceptors (Lipinski definition) is 2. The normalized spacial score (nSPS) is 12.9. The molecule has 2 nitrogen and oxygen atoms in total. The third kappa shape index (κ3) is 16.8. The first-order valence-electron chi connectivity index (χ1n) is 11.2. The molecule has 0 aromatic carbocycles. The van der Waals surface area contributed by atoms with Crippen molar-refractivity contribution >= 4 is 24.7 Å². The van der Waals surface area contributed by atoms with E-state index in [1.165, 1.54) is 44.9 Å². The monoisotopic (exact) mass is 460 g/mol. The fraction of sp³-hybridized carbons (Fsp3) is 0.913. The van der Waals surface area contributed by atoms with Crippen molar-refractivity contribution in [2.24, 2.45) is 0 Å². The summed E-state index contributed by atoms with van der Waals surface area (Å²) in [4.78, 5) is 0. The fourth-order valence-electron chi connectivity index (χ4n) is 2.46. The fourth-order valence-corrected chi connectivity index (χ4v) is 3.12. The van der Waals surface area contributed by atoms with Gasteiger partial charge in [0.2, 0.25) is 0 Å². The molecule has 0 aromatic heterocycles. The van der Waals surface area contributed by atoms with Crippen molar-refractivity contribution < 1.29 is 9.47 Å². The molecule has 0 aliphatic carbocycles. The SMILES string of the molecule is CCCC[C@H](C#CCCCCCCCOCCCBr)OCC(C)(C)[SiH](C)C. The van der Waals surface area contributed by atoms with Crippen molar-refractivity contribution in [3.05, 3.63) is 0 Å². The van der Waals surface area contributed by atoms with Crippen LogP contribution in [-0.4, -0.2) is 40.1 Å². The molecule has 0 aliphatic rings. The Bertz CT molecular complexity index is 388. The molecule has 27 heavy (non-hydrogen) atoms. The summed E-state index contributed by atoms with van der Waals surface area (Å²) in [5.41, 5.74) is 0. The van der Waals surface area contributed by atoms with Gasteiger partial charge in [0.15, 0.2) is 0 Å². The van der Waals surface area contributed by atoms with Gasteiger partial charge >= 0.3 is 0 Å². The standard InChI is InChI=1S/C23H45BrO2Si/c1-6-7-16-22(26-21-23(2,3)27(4)5)17-13-11-9-8-10-12-14-19-25-20-15-18-24/h22,27H,6-12,14-16,18-21H2,1-5H3/t22-/m1/s1. The molecule has 0 saturated heterocycles. The molecule has 0 saturated carbocycles. The van der Waals surface area contributed by atoms with E-state index in [4.69, 9.17) is 9.47 Å². The van der Waals surface area contributed by atoms with E-state index < -0.39 is 8.80 Å². The second-order valence-electron chi connectivity index (χ2n) is 8.58. The van der Waals surface area contributed by atoms with Crippen molar-refractivity contribution in [3.63, 3.8) is 0 Å². The van der Waals surface area contributed by atoms with E-state index in [-0.39, 0.29) is 6.10 Å². The molecular formula is C23H45BrO2Si. The molecule has 0 amide bonds. The molecule has 0 fully saturated rings. The molecule has 160 valence electrons. The molecule has 0 spiro atoms. The van der Waals surface area contributed by atoms with Crippen LogP contribution >= 0.6 is 15.9 Å². The van der Waals surface area contributed by atoms with Crippen LogP contribution in [0.2, 0.25) is 18.1 Å². The smallest absolute Gasteiger partial charge is 0.118 e. The lowest BCUT2D eigenvalue weighted by Crippen LogP contribution is -2.28. The van der Waals surface area contributed by atoms with Gasteiger partial charge in [-0.1, -0.05) is 87.8 Å². The summed E-state index contributed by atoms with van der Waals surface area (Å²) in [6, 6.07) is 0. The highest BCUT2D eigenvalue weighted by Gasteiger charge is 2.24. The Hall–Kier alpha value is 0.177. The number of halogens is 1. The summed E-state index contributed by atoms with van der Waals surface area (Å²) < 4.78 is 11.8. The van der Waals surface area contributed by atoms with Crippen LogP contribution in [0.1, 0.15) is 85.0 Å². The molecule has 0 N–H and O–H groups in total. The lowest BCUT2D eigenvalue weighted by Gasteiger charge is -2.29. The molecule has 0 unspecified atom stereocenters. The van der Waals surface area contributed by atoms with E-state index in [1.807, 2.05) is 0 Å². The van der Waals surface area contributed by atoms with Crippen LogP contribution in [0, 0.1) is 11.8 Å². The van der Waals surface area contributed by atoms with E-state index >= 15 is 0 Å². The molecular weight excluding hydrogens is 416 g/mol. The van der Waals surface area contributed by atoms with Gasteiger partial charge in [-0.2, -0.15) is 0 Å². The number of unbranched alkanes of at least 4 members (excludes halogenated alkanes) is 6. The molecule has 1 atom stereocenters. The van der Waals surface area contributed by atoms with Crippen molar-refractivity contribution in [1.29, 1.82) is 0 Å². The lowest BCUT2D eigenvalue weighted by atomic mass is 10.1. The minimum atomic E-state index is -0.711. The Morgan fingerprint density at radius 2 is 1.63 bits per heavy atom. The molecule has 0 radical (unpaired) electrons. The molecule has 0 aromatic rings. The van der Waals surface area contributed by atoms with Crippen molar-refractivity contribution in [2.75, 3.05) is 25.2 Å². The molecule has 0 rings (SSSR count). The largest absolute Gasteiger partial charge is 0.381 e. The number of rotatable bonds is 17. The second-order valence-corrected chi connectivity index (χ2v) is 13.2. The minimum Gasteiger partial charge on any atom is -0.381 e. The zero-order chi connectivity index (χ0) is 20.4. The summed E-state index contributed by atoms with van der Waals surface area (Å²) in [6.45, 7) is 14.4. The van der Waals surface area contributed by atoms with E-state index in [0.29, 0.717) is 5.04 Å². The molecule has 4 heteroatoms. The van der Waals surface area contributed by atoms with Gasteiger partial charge in [-0.15, -0.1) is 5.92 Å². The molecule has 0 aliphatic heterocycles. The number of ether oxygens (including phenoxy) is 2. The maximum Gasteiger partial charge on any atom is 0.118 e. The van der Waals surface area contributed by atoms with Crippen LogP contribution in [0.25, 0.3) is 0 Å². The predicted molar refractivity (Wildman–Crippen MR) is 127 cm³/mol. The molecule has 0 bridgehead atoms. The maximum absolute atomic E-state index is 6.21. The van der Waals surface area contributed by atoms with Gasteiger partial charge < -0.3 is 9.47 Å². The van der Waals surface area contributed by atoms with Gasteiger partial charge in [0.05, 0.1) is 6.61 Å². The quantitative estimate of drug-likeness (QED) is 0.101. The van der Waals surface area contributed by atoms with E-state index in [2.05, 4.69) is 61.6 Å². The van der Waals surface area contributed by atoms with Crippen LogP contribution < -0.4 is 0 Å². The van der Waals surface area contributed by atoms with E-state index in [1.54, 1.807) is 0 Å². The van der Waals surface area contributed by atoms with Crippen molar-refractivity contribution in [1.82, 2.24) is 0 Å². The van der Waals surface area contributed by atoms with Gasteiger partial charge in [-0.3, -0.25) is 0 Å². The highest BCUT2D eigenvalue weighted by atomic mass is 79.9. The summed E-state index contributed by atoms with van der Waals surface area (Å²) in [5, 5.41) is 1.39. The average Bonchev–Trinajstić information content (AvgIpc) is 2.64. The Morgan fingerprint density at radius 1 is 0.963 bits per heavy atom. The van der Waals surface area contributed by atoms with Gasteiger partial charge in [-0.25, -0.2) is 0 Å². The summed E-state index contributed by atoms with van der Waals surface area (Å²) in [5.74, 6) is 6.81. The predicted octanol–water partition coefficient (Wildman–Crippen LogP) is 6.97. The first-order chi connectivity index (χ1) is 12.9. The van der Waals surface area contributed by atoms with Gasteiger partial charge in [0.25, 0.3) is 0 Å². The zero-order valence-electron chi connectivity index (χ0n) is 18.7. The highest BCUT2D eigenvalue weighted by molar-refractivity contribution is 9.09. The summed E-state index contributed by atoms with van der Waals surface area (Å²) in [7, 11) is -0.711. The Balaban J connectivity index is 3.89. The highest BCUT2D eigenvalue weighted by Crippen LogP contribution is 2.29. The van der Waals surface area contributed by atoms with Gasteiger partial charge in [-0.05, 0) is 30.7 Å². The first kappa shape index (κ1) is 27.2. The van der Waals surface area contributed by atoms with E-state index in [0.717, 1.165) is 44.4 Å². The lowest BCUT2D eigenvalue weighted by molar-refractivity contribution is 0.0675. The Kier molecular flexibility index (Phi) is 18.3. The number of alkyl halides is 1. The Labute approximate surface area is 180 Å². The molecule has 0 heterocycles. The topological polar surface area (TPSA) is 18.5 Å². The van der Waals surface area contributed by atoms with Crippen LogP contribution in [0.4, 0.5) is 0 Å². The van der Waals surface area contributed by atoms with Crippen LogP contribution in [0.3, 0.4) is 0 Å². The summed E-state index contributed by atoms with van der Waals surface area (Å²) in [6.07, 6.45) is 12.0. The van der Waals surface area contributed by atoms with Crippen LogP contribution in [-0.2, 0) is 9.47 Å². The van der Waals surface area contributed by atoms with Crippen molar-refractivity contribution in [3.8, 4) is 11.8 Å². The average molecular weight is 462 g/mol. The van der Waals surface area contributed by atoms with Gasteiger partial charge in [0.1, 0.15) is 6.10 Å². The third-order valence-corrected chi connectivity index (χ3v) is 9.17.